The average molecular weight is 341 g/mol. The van der Waals surface area contributed by atoms with Gasteiger partial charge in [0.2, 0.25) is 0 Å². The van der Waals surface area contributed by atoms with Gasteiger partial charge in [-0.05, 0) is 13.8 Å². The van der Waals surface area contributed by atoms with Crippen LogP contribution in [0, 0.1) is 0 Å². The van der Waals surface area contributed by atoms with Crippen LogP contribution in [0.3, 0.4) is 0 Å². The Bertz CT molecular complexity index is 528. The summed E-state index contributed by atoms with van der Waals surface area (Å²) in [4.78, 5) is 11.5. The Hall–Kier alpha value is -0.750. The van der Waals surface area contributed by atoms with Gasteiger partial charge in [0.05, 0.1) is 17.2 Å². The van der Waals surface area contributed by atoms with Gasteiger partial charge in [-0.1, -0.05) is 20.8 Å². The maximum Gasteiger partial charge on any atom is 0.194 e. The third kappa shape index (κ3) is 4.62. The molecule has 0 saturated carbocycles. The Morgan fingerprint density at radius 2 is 2.18 bits per heavy atom. The highest BCUT2D eigenvalue weighted by Crippen LogP contribution is 2.29. The predicted molar refractivity (Wildman–Crippen MR) is 99.1 cm³/mol. The molecule has 0 bridgehead atoms. The second-order valence-corrected chi connectivity index (χ2v) is 9.98. The molecule has 4 nitrogen and oxygen atoms in total. The van der Waals surface area contributed by atoms with Crippen LogP contribution in [0.25, 0.3) is 0 Å². The van der Waals surface area contributed by atoms with Crippen LogP contribution in [-0.2, 0) is 12.0 Å². The molecule has 2 heterocycles. The van der Waals surface area contributed by atoms with Crippen LogP contribution in [0.2, 0.25) is 0 Å². The zero-order chi connectivity index (χ0) is 16.4. The number of rotatable bonds is 2. The fraction of sp³-hybridized carbons (Fsp3) is 0.750. The first kappa shape index (κ1) is 17.6. The van der Waals surface area contributed by atoms with Crippen LogP contribution in [0.15, 0.2) is 10.4 Å². The fourth-order valence-corrected chi connectivity index (χ4v) is 4.45. The van der Waals surface area contributed by atoms with Gasteiger partial charge in [0.15, 0.2) is 5.96 Å². The first-order valence-electron chi connectivity index (χ1n) is 7.76. The molecule has 124 valence electrons. The number of hydrogen-bond donors (Lipinski definition) is 1. The number of nitrogens with zero attached hydrogens (tertiary/aromatic N) is 3. The first-order valence-corrected chi connectivity index (χ1v) is 9.62. The van der Waals surface area contributed by atoms with E-state index in [9.17, 15) is 0 Å². The first-order chi connectivity index (χ1) is 10.2. The molecule has 1 fully saturated rings. The third-order valence-electron chi connectivity index (χ3n) is 3.56. The lowest BCUT2D eigenvalue weighted by Crippen LogP contribution is -2.50. The summed E-state index contributed by atoms with van der Waals surface area (Å²) in [5.74, 6) is 2.14. The molecule has 0 atom stereocenters. The molecule has 6 heteroatoms. The Morgan fingerprint density at radius 1 is 1.45 bits per heavy atom. The summed E-state index contributed by atoms with van der Waals surface area (Å²) in [6, 6.07) is 0. The van der Waals surface area contributed by atoms with E-state index in [4.69, 9.17) is 4.98 Å². The monoisotopic (exact) mass is 340 g/mol. The second kappa shape index (κ2) is 6.79. The number of thiazole rings is 1. The highest BCUT2D eigenvalue weighted by molar-refractivity contribution is 8.00. The zero-order valence-corrected chi connectivity index (χ0v) is 16.2. The number of aromatic nitrogens is 1. The number of nitrogens with one attached hydrogen (secondary N) is 1. The summed E-state index contributed by atoms with van der Waals surface area (Å²) < 4.78 is 0.288. The van der Waals surface area contributed by atoms with Crippen LogP contribution < -0.4 is 5.32 Å². The van der Waals surface area contributed by atoms with Crippen LogP contribution >= 0.6 is 23.1 Å². The van der Waals surface area contributed by atoms with E-state index >= 15 is 0 Å². The summed E-state index contributed by atoms with van der Waals surface area (Å²) in [5, 5.41) is 6.81. The molecule has 1 aromatic heterocycles. The lowest BCUT2D eigenvalue weighted by atomic mass is 9.98. The van der Waals surface area contributed by atoms with E-state index in [1.54, 1.807) is 11.3 Å². The Balaban J connectivity index is 1.96. The van der Waals surface area contributed by atoms with Gasteiger partial charge in [-0.25, -0.2) is 4.98 Å². The predicted octanol–water partition coefficient (Wildman–Crippen LogP) is 3.34. The van der Waals surface area contributed by atoms with Gasteiger partial charge >= 0.3 is 0 Å². The van der Waals surface area contributed by atoms with E-state index in [0.717, 1.165) is 37.0 Å². The highest BCUT2D eigenvalue weighted by atomic mass is 32.2. The van der Waals surface area contributed by atoms with Crippen LogP contribution in [-0.4, -0.2) is 46.5 Å². The lowest BCUT2D eigenvalue weighted by Gasteiger charge is -2.39. The number of thioether (sulfide) groups is 1. The molecule has 1 saturated heterocycles. The minimum atomic E-state index is 0.124. The summed E-state index contributed by atoms with van der Waals surface area (Å²) in [7, 11) is 1.86. The Kier molecular flexibility index (Phi) is 5.43. The van der Waals surface area contributed by atoms with Crippen molar-refractivity contribution in [3.05, 3.63) is 16.1 Å². The standard InChI is InChI=1S/C16H28N4S2/c1-15(2,3)13-19-12(10-21-13)9-18-14(17-6)20-7-8-22-16(4,5)11-20/h10H,7-9,11H2,1-6H3,(H,17,18). The highest BCUT2D eigenvalue weighted by Gasteiger charge is 2.28. The summed E-state index contributed by atoms with van der Waals surface area (Å²) >= 11 is 3.78. The molecule has 22 heavy (non-hydrogen) atoms. The molecule has 0 spiro atoms. The molecule has 2 rings (SSSR count). The number of aliphatic imine (C=N–C) groups is 1. The van der Waals surface area contributed by atoms with Crippen LogP contribution in [0.5, 0.6) is 0 Å². The minimum absolute atomic E-state index is 0.124. The topological polar surface area (TPSA) is 40.5 Å². The van der Waals surface area contributed by atoms with E-state index in [-0.39, 0.29) is 10.2 Å². The summed E-state index contributed by atoms with van der Waals surface area (Å²) in [5.41, 5.74) is 1.22. The number of guanidine groups is 1. The molecular weight excluding hydrogens is 312 g/mol. The smallest absolute Gasteiger partial charge is 0.194 e. The van der Waals surface area contributed by atoms with Crippen molar-refractivity contribution in [2.24, 2.45) is 4.99 Å². The van der Waals surface area contributed by atoms with Gasteiger partial charge in [0, 0.05) is 41.4 Å². The van der Waals surface area contributed by atoms with Gasteiger partial charge in [-0.15, -0.1) is 11.3 Å². The van der Waals surface area contributed by atoms with Crippen molar-refractivity contribution in [1.82, 2.24) is 15.2 Å². The van der Waals surface area contributed by atoms with Crippen molar-refractivity contribution in [1.29, 1.82) is 0 Å². The molecule has 0 amide bonds. The van der Waals surface area contributed by atoms with Crippen molar-refractivity contribution in [2.75, 3.05) is 25.9 Å². The van der Waals surface area contributed by atoms with E-state index in [0.29, 0.717) is 0 Å². The van der Waals surface area contributed by atoms with Crippen LogP contribution in [0.1, 0.15) is 45.3 Å². The number of hydrogen-bond acceptors (Lipinski definition) is 4. The van der Waals surface area contributed by atoms with Gasteiger partial charge < -0.3 is 10.2 Å². The van der Waals surface area contributed by atoms with Gasteiger partial charge in [0.25, 0.3) is 0 Å². The molecule has 1 aromatic rings. The SMILES string of the molecule is CN=C(NCc1csc(C(C)(C)C)n1)N1CCSC(C)(C)C1. The molecule has 1 aliphatic rings. The molecule has 0 aliphatic carbocycles. The molecule has 0 unspecified atom stereocenters. The minimum Gasteiger partial charge on any atom is -0.351 e. The van der Waals surface area contributed by atoms with Crippen molar-refractivity contribution < 1.29 is 0 Å². The molecule has 1 aliphatic heterocycles. The Morgan fingerprint density at radius 3 is 2.73 bits per heavy atom. The summed E-state index contributed by atoms with van der Waals surface area (Å²) in [6.45, 7) is 14.0. The van der Waals surface area contributed by atoms with Gasteiger partial charge in [0.1, 0.15) is 0 Å². The largest absolute Gasteiger partial charge is 0.351 e. The van der Waals surface area contributed by atoms with Crippen LogP contribution in [0.4, 0.5) is 0 Å². The zero-order valence-electron chi connectivity index (χ0n) is 14.6. The van der Waals surface area contributed by atoms with Gasteiger partial charge in [-0.3, -0.25) is 4.99 Å². The maximum absolute atomic E-state index is 4.74. The average Bonchev–Trinajstić information content (AvgIpc) is 2.87. The lowest BCUT2D eigenvalue weighted by molar-refractivity contribution is 0.375. The van der Waals surface area contributed by atoms with Crippen molar-refractivity contribution in [2.45, 2.75) is 51.3 Å². The molecular formula is C16H28N4S2. The molecule has 0 radical (unpaired) electrons. The third-order valence-corrected chi connectivity index (χ3v) is 6.17. The maximum atomic E-state index is 4.74. The van der Waals surface area contributed by atoms with E-state index in [2.05, 4.69) is 55.2 Å². The van der Waals surface area contributed by atoms with Crippen molar-refractivity contribution in [3.63, 3.8) is 0 Å². The Labute approximate surface area is 142 Å². The van der Waals surface area contributed by atoms with E-state index < -0.39 is 0 Å². The second-order valence-electron chi connectivity index (χ2n) is 7.32. The van der Waals surface area contributed by atoms with E-state index in [1.165, 1.54) is 5.01 Å². The fourth-order valence-electron chi connectivity index (χ4n) is 2.43. The van der Waals surface area contributed by atoms with Crippen molar-refractivity contribution in [3.8, 4) is 0 Å². The van der Waals surface area contributed by atoms with E-state index in [1.807, 2.05) is 18.8 Å². The normalized spacial score (nSPS) is 19.4. The van der Waals surface area contributed by atoms with Crippen molar-refractivity contribution >= 4 is 29.1 Å². The molecule has 0 aromatic carbocycles. The molecule has 1 N–H and O–H groups in total. The quantitative estimate of drug-likeness (QED) is 0.662. The summed E-state index contributed by atoms with van der Waals surface area (Å²) in [6.07, 6.45) is 0. The van der Waals surface area contributed by atoms with Gasteiger partial charge in [-0.2, -0.15) is 11.8 Å².